The summed E-state index contributed by atoms with van der Waals surface area (Å²) >= 11 is 0. The molecule has 0 saturated carbocycles. The zero-order chi connectivity index (χ0) is 56.3. The third-order valence-corrected chi connectivity index (χ3v) is 16.9. The lowest BCUT2D eigenvalue weighted by atomic mass is 10.0. The number of aliphatic hydroxyl groups excluding tert-OH is 1. The summed E-state index contributed by atoms with van der Waals surface area (Å²) in [5, 5.41) is 13.9. The molecule has 3 atom stereocenters. The molecule has 0 heterocycles. The van der Waals surface area contributed by atoms with Crippen molar-refractivity contribution in [3.05, 3.63) is 24.3 Å². The van der Waals surface area contributed by atoms with Crippen LogP contribution in [0.3, 0.4) is 0 Å². The molecule has 3 unspecified atom stereocenters. The number of quaternary nitrogens is 1. The predicted octanol–water partition coefficient (Wildman–Crippen LogP) is 20.9. The third-order valence-electron chi connectivity index (χ3n) is 15.9. The van der Waals surface area contributed by atoms with E-state index in [1.807, 2.05) is 27.2 Å². The molecule has 0 fully saturated rings. The highest BCUT2D eigenvalue weighted by molar-refractivity contribution is 7.45. The summed E-state index contributed by atoms with van der Waals surface area (Å²) in [6.45, 7) is 4.67. The van der Waals surface area contributed by atoms with Gasteiger partial charge in [-0.2, -0.15) is 0 Å². The molecule has 0 saturated heterocycles. The highest BCUT2D eigenvalue weighted by Crippen LogP contribution is 2.38. The van der Waals surface area contributed by atoms with Crippen LogP contribution < -0.4 is 10.2 Å². The van der Waals surface area contributed by atoms with Crippen molar-refractivity contribution in [3.8, 4) is 0 Å². The van der Waals surface area contributed by atoms with Crippen LogP contribution in [0.15, 0.2) is 24.3 Å². The minimum Gasteiger partial charge on any atom is -0.756 e. The van der Waals surface area contributed by atoms with E-state index in [0.29, 0.717) is 17.4 Å². The summed E-state index contributed by atoms with van der Waals surface area (Å²) < 4.78 is 23.4. The molecule has 8 nitrogen and oxygen atoms in total. The molecule has 0 aromatic carbocycles. The van der Waals surface area contributed by atoms with Crippen LogP contribution in [0.25, 0.3) is 0 Å². The quantitative estimate of drug-likeness (QED) is 0.0272. The Morgan fingerprint density at radius 2 is 0.727 bits per heavy atom. The maximum Gasteiger partial charge on any atom is 0.268 e. The first-order chi connectivity index (χ1) is 37.5. The first kappa shape index (κ1) is 76.0. The van der Waals surface area contributed by atoms with Gasteiger partial charge < -0.3 is 28.8 Å². The molecule has 0 aliphatic heterocycles. The van der Waals surface area contributed by atoms with Gasteiger partial charge in [0.2, 0.25) is 5.91 Å². The van der Waals surface area contributed by atoms with Crippen LogP contribution in [0.1, 0.15) is 354 Å². The van der Waals surface area contributed by atoms with Crippen molar-refractivity contribution in [2.75, 3.05) is 40.9 Å². The minimum absolute atomic E-state index is 0.00371. The second-order valence-corrected chi connectivity index (χ2v) is 26.3. The van der Waals surface area contributed by atoms with Gasteiger partial charge in [-0.25, -0.2) is 0 Å². The van der Waals surface area contributed by atoms with Crippen molar-refractivity contribution in [2.24, 2.45) is 0 Å². The molecule has 0 aliphatic rings. The van der Waals surface area contributed by atoms with E-state index in [2.05, 4.69) is 31.3 Å². The Kier molecular flexibility index (Phi) is 58.8. The second-order valence-electron chi connectivity index (χ2n) is 24.9. The van der Waals surface area contributed by atoms with E-state index in [9.17, 15) is 19.4 Å². The number of unbranched alkanes of at least 4 members (excludes halogenated alkanes) is 49. The molecule has 0 aromatic heterocycles. The molecule has 458 valence electrons. The number of likely N-dealkylation sites (N-methyl/N-ethyl adjacent to an activating group) is 1. The number of amides is 1. The summed E-state index contributed by atoms with van der Waals surface area (Å²) in [6.07, 6.45) is 77.5. The third kappa shape index (κ3) is 62.4. The fraction of sp³-hybridized carbons (Fsp3) is 0.926. The van der Waals surface area contributed by atoms with Crippen molar-refractivity contribution in [3.63, 3.8) is 0 Å². The van der Waals surface area contributed by atoms with Gasteiger partial charge in [0.1, 0.15) is 13.2 Å². The van der Waals surface area contributed by atoms with Crippen LogP contribution in [0, 0.1) is 0 Å². The number of hydrogen-bond donors (Lipinski definition) is 2. The lowest BCUT2D eigenvalue weighted by Crippen LogP contribution is -2.45. The number of nitrogens with one attached hydrogen (secondary N) is 1. The van der Waals surface area contributed by atoms with E-state index in [-0.39, 0.29) is 19.1 Å². The molecular weight excluding hydrogens is 972 g/mol. The molecule has 2 N–H and O–H groups in total. The molecule has 0 aromatic rings. The maximum atomic E-state index is 13.0. The molecule has 0 spiro atoms. The number of carbonyl (C=O) groups is 1. The monoisotopic (exact) mass is 1110 g/mol. The lowest BCUT2D eigenvalue weighted by Gasteiger charge is -2.29. The minimum atomic E-state index is -4.60. The number of hydrogen-bond acceptors (Lipinski definition) is 6. The zero-order valence-electron chi connectivity index (χ0n) is 52.4. The topological polar surface area (TPSA) is 108 Å². The average Bonchev–Trinajstić information content (AvgIpc) is 3.39. The fourth-order valence-electron chi connectivity index (χ4n) is 10.6. The van der Waals surface area contributed by atoms with Gasteiger partial charge in [0, 0.05) is 6.42 Å². The number of phosphoric acid groups is 1. The van der Waals surface area contributed by atoms with Gasteiger partial charge in [-0.15, -0.1) is 0 Å². The molecule has 1 amide bonds. The predicted molar refractivity (Wildman–Crippen MR) is 335 cm³/mol. The van der Waals surface area contributed by atoms with Gasteiger partial charge in [0.25, 0.3) is 7.82 Å². The summed E-state index contributed by atoms with van der Waals surface area (Å²) in [4.78, 5) is 25.5. The van der Waals surface area contributed by atoms with Gasteiger partial charge in [-0.3, -0.25) is 9.36 Å². The molecule has 0 aliphatic carbocycles. The van der Waals surface area contributed by atoms with Gasteiger partial charge in [0.05, 0.1) is 39.9 Å². The number of nitrogens with zero attached hydrogens (tertiary/aromatic N) is 1. The first-order valence-electron chi connectivity index (χ1n) is 34.2. The van der Waals surface area contributed by atoms with Crippen molar-refractivity contribution in [1.29, 1.82) is 0 Å². The average molecular weight is 1110 g/mol. The normalized spacial score (nSPS) is 13.8. The van der Waals surface area contributed by atoms with E-state index < -0.39 is 20.0 Å². The van der Waals surface area contributed by atoms with E-state index in [1.54, 1.807) is 6.08 Å². The second kappa shape index (κ2) is 59.6. The van der Waals surface area contributed by atoms with E-state index in [1.165, 1.54) is 295 Å². The van der Waals surface area contributed by atoms with Crippen molar-refractivity contribution in [1.82, 2.24) is 5.32 Å². The Labute approximate surface area is 481 Å². The number of aliphatic hydroxyl groups is 1. The SMILES string of the molecule is CCCCCCCCCCCC/C=C/CC/C=C/C(O)C(COP(=O)([O-])OCC[N+](C)(C)C)NC(=O)CCCCCCCCCCCCCCCCCCCCCCCCCCCCCCCCCCCCCCCCC. The van der Waals surface area contributed by atoms with Crippen LogP contribution in [-0.4, -0.2) is 68.5 Å². The molecule has 77 heavy (non-hydrogen) atoms. The van der Waals surface area contributed by atoms with Gasteiger partial charge in [-0.1, -0.05) is 340 Å². The van der Waals surface area contributed by atoms with Crippen molar-refractivity contribution in [2.45, 2.75) is 366 Å². The van der Waals surface area contributed by atoms with E-state index >= 15 is 0 Å². The Balaban J connectivity index is 3.88. The van der Waals surface area contributed by atoms with Crippen molar-refractivity contribution < 1.29 is 32.9 Å². The summed E-state index contributed by atoms with van der Waals surface area (Å²) in [5.41, 5.74) is 0. The van der Waals surface area contributed by atoms with Crippen LogP contribution >= 0.6 is 7.82 Å². The highest BCUT2D eigenvalue weighted by atomic mass is 31.2. The smallest absolute Gasteiger partial charge is 0.268 e. The molecule has 0 bridgehead atoms. The lowest BCUT2D eigenvalue weighted by molar-refractivity contribution is -0.870. The van der Waals surface area contributed by atoms with Crippen molar-refractivity contribution >= 4 is 13.7 Å². The Morgan fingerprint density at radius 1 is 0.442 bits per heavy atom. The Hall–Kier alpha value is -1.02. The van der Waals surface area contributed by atoms with Crippen LogP contribution in [0.4, 0.5) is 0 Å². The largest absolute Gasteiger partial charge is 0.756 e. The molecular formula is C68H135N2O6P. The number of phosphoric ester groups is 1. The molecule has 0 radical (unpaired) electrons. The first-order valence-corrected chi connectivity index (χ1v) is 35.7. The highest BCUT2D eigenvalue weighted by Gasteiger charge is 2.23. The zero-order valence-corrected chi connectivity index (χ0v) is 53.3. The standard InChI is InChI=1S/C68H135N2O6P/c1-6-8-10-12-14-16-18-20-22-24-25-26-27-28-29-30-31-32-33-34-35-36-37-38-39-40-41-42-43-44-45-46-48-50-52-54-56-58-60-62-68(72)69-66(65-76-77(73,74)75-64-63-70(3,4)5)67(71)61-59-57-55-53-51-49-47-23-21-19-17-15-13-11-9-7-2/h51,53,59,61,66-67,71H,6-50,52,54-58,60,62-65H2,1-5H3,(H-,69,72,73,74)/b53-51+,61-59+. The van der Waals surface area contributed by atoms with Gasteiger partial charge in [-0.05, 0) is 32.1 Å². The van der Waals surface area contributed by atoms with E-state index in [4.69, 9.17) is 9.05 Å². The van der Waals surface area contributed by atoms with Crippen LogP contribution in [-0.2, 0) is 18.4 Å². The van der Waals surface area contributed by atoms with Crippen LogP contribution in [0.2, 0.25) is 0 Å². The van der Waals surface area contributed by atoms with Gasteiger partial charge >= 0.3 is 0 Å². The summed E-state index contributed by atoms with van der Waals surface area (Å²) in [5.74, 6) is -0.200. The molecule has 9 heteroatoms. The summed E-state index contributed by atoms with van der Waals surface area (Å²) in [6, 6.07) is -0.900. The van der Waals surface area contributed by atoms with E-state index in [0.717, 1.165) is 38.5 Å². The molecule has 0 rings (SSSR count). The Bertz CT molecular complexity index is 1300. The maximum absolute atomic E-state index is 13.0. The summed E-state index contributed by atoms with van der Waals surface area (Å²) in [7, 11) is 1.26. The van der Waals surface area contributed by atoms with Gasteiger partial charge in [0.15, 0.2) is 0 Å². The van der Waals surface area contributed by atoms with Crippen LogP contribution in [0.5, 0.6) is 0 Å². The Morgan fingerprint density at radius 3 is 1.05 bits per heavy atom. The number of carbonyl (C=O) groups excluding carboxylic acids is 1. The fourth-order valence-corrected chi connectivity index (χ4v) is 11.3. The number of rotatable bonds is 64. The number of allylic oxidation sites excluding steroid dienone is 3.